The standard InChI is InChI=1S/C10H17N5O/c1-4-16-6-8-5-13-7(2)14-9(8)15(3)10(11)12/h5H,4,6H2,1-3H3,(H3,11,12). The van der Waals surface area contributed by atoms with Crippen LogP contribution in [0.1, 0.15) is 18.3 Å². The molecule has 0 atom stereocenters. The van der Waals surface area contributed by atoms with Crippen LogP contribution in [0.15, 0.2) is 6.20 Å². The van der Waals surface area contributed by atoms with Gasteiger partial charge in [-0.1, -0.05) is 0 Å². The van der Waals surface area contributed by atoms with E-state index in [1.165, 1.54) is 4.90 Å². The number of guanidine groups is 1. The van der Waals surface area contributed by atoms with Crippen molar-refractivity contribution in [2.24, 2.45) is 5.73 Å². The summed E-state index contributed by atoms with van der Waals surface area (Å²) in [6, 6.07) is 0. The van der Waals surface area contributed by atoms with Gasteiger partial charge in [-0.25, -0.2) is 9.97 Å². The lowest BCUT2D eigenvalue weighted by Crippen LogP contribution is -2.34. The predicted molar refractivity (Wildman–Crippen MR) is 62.4 cm³/mol. The van der Waals surface area contributed by atoms with Crippen molar-refractivity contribution in [3.05, 3.63) is 17.6 Å². The van der Waals surface area contributed by atoms with E-state index in [1.54, 1.807) is 20.2 Å². The van der Waals surface area contributed by atoms with E-state index in [2.05, 4.69) is 9.97 Å². The number of anilines is 1. The van der Waals surface area contributed by atoms with Gasteiger partial charge in [0.2, 0.25) is 0 Å². The normalized spacial score (nSPS) is 10.2. The van der Waals surface area contributed by atoms with Crippen LogP contribution in [0, 0.1) is 12.3 Å². The molecule has 3 N–H and O–H groups in total. The minimum Gasteiger partial charge on any atom is -0.377 e. The summed E-state index contributed by atoms with van der Waals surface area (Å²) in [5, 5.41) is 7.38. The highest BCUT2D eigenvalue weighted by Crippen LogP contribution is 2.16. The zero-order valence-electron chi connectivity index (χ0n) is 9.82. The third-order valence-corrected chi connectivity index (χ3v) is 2.10. The highest BCUT2D eigenvalue weighted by atomic mass is 16.5. The third-order valence-electron chi connectivity index (χ3n) is 2.10. The quantitative estimate of drug-likeness (QED) is 0.578. The molecule has 16 heavy (non-hydrogen) atoms. The molecular formula is C10H17N5O. The molecule has 0 aliphatic heterocycles. The summed E-state index contributed by atoms with van der Waals surface area (Å²) >= 11 is 0. The summed E-state index contributed by atoms with van der Waals surface area (Å²) in [6.45, 7) is 4.76. The molecule has 1 aromatic heterocycles. The third kappa shape index (κ3) is 2.90. The Morgan fingerprint density at radius 3 is 2.88 bits per heavy atom. The molecule has 0 saturated heterocycles. The van der Waals surface area contributed by atoms with Gasteiger partial charge in [-0.2, -0.15) is 0 Å². The van der Waals surface area contributed by atoms with E-state index in [1.807, 2.05) is 6.92 Å². The summed E-state index contributed by atoms with van der Waals surface area (Å²) in [6.07, 6.45) is 1.70. The molecule has 88 valence electrons. The Morgan fingerprint density at radius 1 is 1.62 bits per heavy atom. The lowest BCUT2D eigenvalue weighted by molar-refractivity contribution is 0.134. The molecule has 0 saturated carbocycles. The van der Waals surface area contributed by atoms with Gasteiger partial charge in [-0.15, -0.1) is 0 Å². The maximum atomic E-state index is 7.38. The van der Waals surface area contributed by atoms with Gasteiger partial charge in [0, 0.05) is 25.4 Å². The zero-order chi connectivity index (χ0) is 12.1. The molecule has 0 aromatic carbocycles. The second-order valence-electron chi connectivity index (χ2n) is 3.35. The lowest BCUT2D eigenvalue weighted by Gasteiger charge is -2.19. The molecule has 1 aromatic rings. The van der Waals surface area contributed by atoms with Crippen molar-refractivity contribution in [1.29, 1.82) is 5.41 Å². The fourth-order valence-electron chi connectivity index (χ4n) is 1.20. The van der Waals surface area contributed by atoms with Crippen LogP contribution in [0.4, 0.5) is 5.82 Å². The van der Waals surface area contributed by atoms with E-state index in [0.717, 1.165) is 5.56 Å². The second kappa shape index (κ2) is 5.41. The Hall–Kier alpha value is -1.69. The summed E-state index contributed by atoms with van der Waals surface area (Å²) < 4.78 is 5.31. The zero-order valence-corrected chi connectivity index (χ0v) is 9.82. The molecule has 0 amide bonds. The van der Waals surface area contributed by atoms with Crippen molar-refractivity contribution >= 4 is 11.8 Å². The summed E-state index contributed by atoms with van der Waals surface area (Å²) in [5.74, 6) is 1.20. The topological polar surface area (TPSA) is 88.1 Å². The molecule has 0 radical (unpaired) electrons. The van der Waals surface area contributed by atoms with Crippen LogP contribution in [-0.4, -0.2) is 29.6 Å². The number of nitrogens with one attached hydrogen (secondary N) is 1. The number of rotatable bonds is 4. The number of aryl methyl sites for hydroxylation is 1. The van der Waals surface area contributed by atoms with Crippen LogP contribution in [0.2, 0.25) is 0 Å². The summed E-state index contributed by atoms with van der Waals surface area (Å²) in [4.78, 5) is 9.87. The number of nitrogens with two attached hydrogens (primary N) is 1. The average Bonchev–Trinajstić information content (AvgIpc) is 2.26. The average molecular weight is 223 g/mol. The SMILES string of the molecule is CCOCc1cnc(C)nc1N(C)C(=N)N. The predicted octanol–water partition coefficient (Wildman–Crippen LogP) is 0.651. The van der Waals surface area contributed by atoms with Crippen molar-refractivity contribution in [1.82, 2.24) is 9.97 Å². The smallest absolute Gasteiger partial charge is 0.193 e. The van der Waals surface area contributed by atoms with Crippen LogP contribution in [0.5, 0.6) is 0 Å². The lowest BCUT2D eigenvalue weighted by atomic mass is 10.3. The molecule has 0 aliphatic carbocycles. The molecule has 0 fully saturated rings. The molecule has 6 nitrogen and oxygen atoms in total. The van der Waals surface area contributed by atoms with Crippen LogP contribution in [-0.2, 0) is 11.3 Å². The number of aromatic nitrogens is 2. The summed E-state index contributed by atoms with van der Waals surface area (Å²) in [7, 11) is 1.69. The summed E-state index contributed by atoms with van der Waals surface area (Å²) in [5.41, 5.74) is 6.25. The molecule has 1 rings (SSSR count). The van der Waals surface area contributed by atoms with Crippen LogP contribution >= 0.6 is 0 Å². The minimum atomic E-state index is -0.0594. The second-order valence-corrected chi connectivity index (χ2v) is 3.35. The number of ether oxygens (including phenoxy) is 1. The Morgan fingerprint density at radius 2 is 2.31 bits per heavy atom. The Bertz CT molecular complexity index is 379. The van der Waals surface area contributed by atoms with Crippen LogP contribution in [0.3, 0.4) is 0 Å². The van der Waals surface area contributed by atoms with Gasteiger partial charge in [-0.05, 0) is 13.8 Å². The van der Waals surface area contributed by atoms with Crippen LogP contribution in [0.25, 0.3) is 0 Å². The van der Waals surface area contributed by atoms with Crippen molar-refractivity contribution < 1.29 is 4.74 Å². The van der Waals surface area contributed by atoms with Crippen molar-refractivity contribution in [2.75, 3.05) is 18.6 Å². The van der Waals surface area contributed by atoms with Crippen molar-refractivity contribution in [3.63, 3.8) is 0 Å². The highest BCUT2D eigenvalue weighted by molar-refractivity contribution is 5.91. The fourth-order valence-corrected chi connectivity index (χ4v) is 1.20. The van der Waals surface area contributed by atoms with Gasteiger partial charge in [0.05, 0.1) is 6.61 Å². The van der Waals surface area contributed by atoms with E-state index in [0.29, 0.717) is 24.9 Å². The fraction of sp³-hybridized carbons (Fsp3) is 0.500. The first-order valence-electron chi connectivity index (χ1n) is 5.04. The first-order chi connectivity index (χ1) is 7.56. The first-order valence-corrected chi connectivity index (χ1v) is 5.04. The Kier molecular flexibility index (Phi) is 4.19. The molecular weight excluding hydrogens is 206 g/mol. The molecule has 0 aliphatic rings. The molecule has 1 heterocycles. The monoisotopic (exact) mass is 223 g/mol. The van der Waals surface area contributed by atoms with E-state index < -0.39 is 0 Å². The number of hydrogen-bond acceptors (Lipinski definition) is 4. The van der Waals surface area contributed by atoms with Gasteiger partial charge in [0.15, 0.2) is 5.96 Å². The number of nitrogens with zero attached hydrogens (tertiary/aromatic N) is 3. The van der Waals surface area contributed by atoms with E-state index in [9.17, 15) is 0 Å². The van der Waals surface area contributed by atoms with Gasteiger partial charge in [0.1, 0.15) is 11.6 Å². The molecule has 0 spiro atoms. The van der Waals surface area contributed by atoms with Crippen LogP contribution < -0.4 is 10.6 Å². The van der Waals surface area contributed by atoms with Crippen molar-refractivity contribution in [3.8, 4) is 0 Å². The molecule has 0 bridgehead atoms. The molecule has 6 heteroatoms. The van der Waals surface area contributed by atoms with Crippen molar-refractivity contribution in [2.45, 2.75) is 20.5 Å². The van der Waals surface area contributed by atoms with Gasteiger partial charge in [-0.3, -0.25) is 5.41 Å². The highest BCUT2D eigenvalue weighted by Gasteiger charge is 2.12. The Labute approximate surface area is 95.0 Å². The van der Waals surface area contributed by atoms with E-state index in [-0.39, 0.29) is 5.96 Å². The largest absolute Gasteiger partial charge is 0.377 e. The maximum absolute atomic E-state index is 7.38. The van der Waals surface area contributed by atoms with Gasteiger partial charge in [0.25, 0.3) is 0 Å². The van der Waals surface area contributed by atoms with Gasteiger partial charge < -0.3 is 15.4 Å². The van der Waals surface area contributed by atoms with Gasteiger partial charge >= 0.3 is 0 Å². The first kappa shape index (κ1) is 12.4. The maximum Gasteiger partial charge on any atom is 0.193 e. The van der Waals surface area contributed by atoms with E-state index in [4.69, 9.17) is 15.9 Å². The molecule has 0 unspecified atom stereocenters. The number of hydrogen-bond donors (Lipinski definition) is 2. The van der Waals surface area contributed by atoms with E-state index >= 15 is 0 Å². The Balaban J connectivity index is 3.02. The minimum absolute atomic E-state index is 0.0594.